The molecule has 0 N–H and O–H groups in total. The highest BCUT2D eigenvalue weighted by molar-refractivity contribution is 6.11. The third-order valence-corrected chi connectivity index (χ3v) is 9.40. The predicted molar refractivity (Wildman–Crippen MR) is 195 cm³/mol. The summed E-state index contributed by atoms with van der Waals surface area (Å²) in [4.78, 5) is 0. The molecule has 0 aliphatic carbocycles. The minimum absolute atomic E-state index is 0.614. The van der Waals surface area contributed by atoms with Crippen LogP contribution in [0, 0.1) is 22.7 Å². The molecule has 222 valence electrons. The highest BCUT2D eigenvalue weighted by atomic mass is 15.0. The van der Waals surface area contributed by atoms with E-state index >= 15 is 0 Å². The van der Waals surface area contributed by atoms with Crippen molar-refractivity contribution >= 4 is 43.6 Å². The molecule has 48 heavy (non-hydrogen) atoms. The lowest BCUT2D eigenvalue weighted by molar-refractivity contribution is 1.18. The number of nitriles is 2. The van der Waals surface area contributed by atoms with E-state index in [1.807, 2.05) is 42.5 Å². The molecule has 0 amide bonds. The van der Waals surface area contributed by atoms with E-state index in [4.69, 9.17) is 0 Å². The second-order valence-corrected chi connectivity index (χ2v) is 12.0. The normalized spacial score (nSPS) is 11.3. The van der Waals surface area contributed by atoms with Gasteiger partial charge in [0.25, 0.3) is 0 Å². The Morgan fingerprint density at radius 3 is 1.56 bits per heavy atom. The van der Waals surface area contributed by atoms with Gasteiger partial charge in [-0.05, 0) is 83.4 Å². The molecule has 0 spiro atoms. The van der Waals surface area contributed by atoms with Crippen molar-refractivity contribution in [1.82, 2.24) is 9.13 Å². The number of benzene rings is 7. The third kappa shape index (κ3) is 4.14. The zero-order valence-corrected chi connectivity index (χ0v) is 25.8. The average molecular weight is 611 g/mol. The number of aromatic nitrogens is 2. The molecule has 2 aromatic heterocycles. The maximum atomic E-state index is 9.94. The lowest BCUT2D eigenvalue weighted by atomic mass is 9.92. The van der Waals surface area contributed by atoms with Gasteiger partial charge in [-0.3, -0.25) is 0 Å². The van der Waals surface area contributed by atoms with E-state index in [1.54, 1.807) is 0 Å². The molecule has 4 nitrogen and oxygen atoms in total. The van der Waals surface area contributed by atoms with Crippen molar-refractivity contribution in [2.45, 2.75) is 0 Å². The van der Waals surface area contributed by atoms with Crippen molar-refractivity contribution in [2.75, 3.05) is 0 Å². The van der Waals surface area contributed by atoms with Gasteiger partial charge in [-0.2, -0.15) is 10.5 Å². The van der Waals surface area contributed by atoms with Crippen LogP contribution in [0.25, 0.3) is 77.2 Å². The van der Waals surface area contributed by atoms with Crippen LogP contribution in [0.4, 0.5) is 0 Å². The summed E-state index contributed by atoms with van der Waals surface area (Å²) in [7, 11) is 0. The molecular formula is C44H26N4. The van der Waals surface area contributed by atoms with Crippen molar-refractivity contribution in [3.8, 4) is 45.8 Å². The van der Waals surface area contributed by atoms with Gasteiger partial charge in [-0.15, -0.1) is 0 Å². The fourth-order valence-corrected chi connectivity index (χ4v) is 7.28. The van der Waals surface area contributed by atoms with Crippen molar-refractivity contribution in [3.63, 3.8) is 0 Å². The number of hydrogen-bond acceptors (Lipinski definition) is 2. The van der Waals surface area contributed by atoms with Gasteiger partial charge in [0.2, 0.25) is 0 Å². The minimum Gasteiger partial charge on any atom is -0.309 e. The Hall–Kier alpha value is -6.88. The van der Waals surface area contributed by atoms with Crippen LogP contribution in [0.5, 0.6) is 0 Å². The van der Waals surface area contributed by atoms with Crippen molar-refractivity contribution in [3.05, 3.63) is 169 Å². The first-order chi connectivity index (χ1) is 23.7. The minimum atomic E-state index is 0.614. The molecule has 0 atom stereocenters. The molecule has 0 saturated carbocycles. The number of hydrogen-bond donors (Lipinski definition) is 0. The van der Waals surface area contributed by atoms with E-state index in [9.17, 15) is 10.5 Å². The van der Waals surface area contributed by atoms with Crippen LogP contribution in [0.15, 0.2) is 158 Å². The fraction of sp³-hybridized carbons (Fsp3) is 0. The van der Waals surface area contributed by atoms with Gasteiger partial charge in [0.1, 0.15) is 0 Å². The smallest absolute Gasteiger partial charge is 0.0991 e. The maximum Gasteiger partial charge on any atom is 0.0991 e. The summed E-state index contributed by atoms with van der Waals surface area (Å²) >= 11 is 0. The van der Waals surface area contributed by atoms with Crippen LogP contribution in [0.3, 0.4) is 0 Å². The number of nitrogens with zero attached hydrogens (tertiary/aromatic N) is 4. The standard InChI is InChI=1S/C44H26N4/c45-27-29-17-23-33(34-9-1-6-14-41(34)48-42-15-7-2-10-35(42)36-11-3-8-16-43(36)48)38(25-29)31-19-21-32(22-20-31)47-40-13-5-4-12-37(40)39-26-30(28-46)18-24-44(39)47/h1-26H. The van der Waals surface area contributed by atoms with Crippen LogP contribution in [0.1, 0.15) is 11.1 Å². The Labute approximate surface area is 277 Å². The molecule has 0 fully saturated rings. The Morgan fingerprint density at radius 2 is 0.896 bits per heavy atom. The number of rotatable bonds is 4. The molecular weight excluding hydrogens is 585 g/mol. The maximum absolute atomic E-state index is 9.94. The molecule has 0 unspecified atom stereocenters. The predicted octanol–water partition coefficient (Wildman–Crippen LogP) is 11.0. The lowest BCUT2D eigenvalue weighted by Crippen LogP contribution is -1.98. The van der Waals surface area contributed by atoms with Crippen LogP contribution in [-0.4, -0.2) is 9.13 Å². The Balaban J connectivity index is 1.23. The zero-order valence-electron chi connectivity index (χ0n) is 25.8. The molecule has 0 aliphatic rings. The second kappa shape index (κ2) is 10.9. The zero-order chi connectivity index (χ0) is 32.2. The van der Waals surface area contributed by atoms with E-state index in [1.165, 1.54) is 10.8 Å². The van der Waals surface area contributed by atoms with Gasteiger partial charge in [0.05, 0.1) is 51.0 Å². The van der Waals surface area contributed by atoms with Crippen molar-refractivity contribution in [2.24, 2.45) is 0 Å². The van der Waals surface area contributed by atoms with E-state index in [-0.39, 0.29) is 0 Å². The van der Waals surface area contributed by atoms with Crippen molar-refractivity contribution < 1.29 is 0 Å². The molecule has 0 saturated heterocycles. The first kappa shape index (κ1) is 27.4. The first-order valence-electron chi connectivity index (χ1n) is 15.9. The first-order valence-corrected chi connectivity index (χ1v) is 15.9. The van der Waals surface area contributed by atoms with Crippen LogP contribution < -0.4 is 0 Å². The third-order valence-electron chi connectivity index (χ3n) is 9.40. The summed E-state index contributed by atoms with van der Waals surface area (Å²) in [6.07, 6.45) is 0. The number of fused-ring (bicyclic) bond motifs is 6. The van der Waals surface area contributed by atoms with Crippen LogP contribution >= 0.6 is 0 Å². The molecule has 7 aromatic carbocycles. The molecule has 4 heteroatoms. The topological polar surface area (TPSA) is 57.4 Å². The Bertz CT molecular complexity index is 2750. The van der Waals surface area contributed by atoms with Crippen LogP contribution in [-0.2, 0) is 0 Å². The largest absolute Gasteiger partial charge is 0.309 e. The SMILES string of the molecule is N#Cc1ccc(-c2ccccc2-n2c3ccccc3c3ccccc32)c(-c2ccc(-n3c4ccccc4c4cc(C#N)ccc43)cc2)c1. The summed E-state index contributed by atoms with van der Waals surface area (Å²) < 4.78 is 4.60. The summed E-state index contributed by atoms with van der Waals surface area (Å²) in [6, 6.07) is 59.0. The molecule has 9 aromatic rings. The van der Waals surface area contributed by atoms with Gasteiger partial charge in [0.15, 0.2) is 0 Å². The van der Waals surface area contributed by atoms with E-state index in [0.717, 1.165) is 66.5 Å². The summed E-state index contributed by atoms with van der Waals surface area (Å²) in [5.74, 6) is 0. The Kier molecular flexibility index (Phi) is 6.22. The molecule has 0 radical (unpaired) electrons. The van der Waals surface area contributed by atoms with Gasteiger partial charge in [-0.1, -0.05) is 91.0 Å². The van der Waals surface area contributed by atoms with Gasteiger partial charge >= 0.3 is 0 Å². The summed E-state index contributed by atoms with van der Waals surface area (Å²) in [6.45, 7) is 0. The second-order valence-electron chi connectivity index (χ2n) is 12.0. The van der Waals surface area contributed by atoms with E-state index in [2.05, 4.69) is 137 Å². The Morgan fingerprint density at radius 1 is 0.375 bits per heavy atom. The molecule has 2 heterocycles. The lowest BCUT2D eigenvalue weighted by Gasteiger charge is -2.17. The number of para-hydroxylation sites is 4. The van der Waals surface area contributed by atoms with Gasteiger partial charge < -0.3 is 9.13 Å². The average Bonchev–Trinajstić information content (AvgIpc) is 3.67. The quantitative estimate of drug-likeness (QED) is 0.199. The van der Waals surface area contributed by atoms with Crippen LogP contribution in [0.2, 0.25) is 0 Å². The summed E-state index contributed by atoms with van der Waals surface area (Å²) in [5.41, 5.74) is 12.0. The molecule has 0 aliphatic heterocycles. The van der Waals surface area contributed by atoms with E-state index < -0.39 is 0 Å². The summed E-state index contributed by atoms with van der Waals surface area (Å²) in [5, 5.41) is 24.1. The molecule has 9 rings (SSSR count). The highest BCUT2D eigenvalue weighted by Crippen LogP contribution is 2.40. The highest BCUT2D eigenvalue weighted by Gasteiger charge is 2.18. The van der Waals surface area contributed by atoms with Gasteiger partial charge in [-0.25, -0.2) is 0 Å². The van der Waals surface area contributed by atoms with E-state index in [0.29, 0.717) is 11.1 Å². The molecule has 0 bridgehead atoms. The van der Waals surface area contributed by atoms with Gasteiger partial charge in [0, 0.05) is 32.8 Å². The van der Waals surface area contributed by atoms with Crippen molar-refractivity contribution in [1.29, 1.82) is 10.5 Å². The fourth-order valence-electron chi connectivity index (χ4n) is 7.28. The monoisotopic (exact) mass is 610 g/mol.